The van der Waals surface area contributed by atoms with Crippen LogP contribution in [0.1, 0.15) is 103 Å². The Labute approximate surface area is 317 Å². The van der Waals surface area contributed by atoms with Crippen molar-refractivity contribution in [2.45, 2.75) is 133 Å². The van der Waals surface area contributed by atoms with Crippen LogP contribution in [-0.2, 0) is 15.6 Å². The molecule has 53 heavy (non-hydrogen) atoms. The molecular formula is C45H63N4O4+. The fourth-order valence-electron chi connectivity index (χ4n) is 9.22. The lowest BCUT2D eigenvalue weighted by atomic mass is 9.81. The quantitative estimate of drug-likeness (QED) is 0.0632. The van der Waals surface area contributed by atoms with Gasteiger partial charge in [-0.3, -0.25) is 9.69 Å². The normalized spacial score (nSPS) is 27.5. The highest BCUT2D eigenvalue weighted by Gasteiger charge is 2.58. The van der Waals surface area contributed by atoms with Gasteiger partial charge in [0.25, 0.3) is 0 Å². The molecule has 6 atom stereocenters. The van der Waals surface area contributed by atoms with Crippen molar-refractivity contribution in [1.29, 1.82) is 0 Å². The molecule has 1 saturated heterocycles. The van der Waals surface area contributed by atoms with E-state index in [1.54, 1.807) is 0 Å². The van der Waals surface area contributed by atoms with Crippen LogP contribution in [0.2, 0.25) is 0 Å². The zero-order valence-corrected chi connectivity index (χ0v) is 32.7. The first-order valence-corrected chi connectivity index (χ1v) is 20.1. The Bertz CT molecular complexity index is 1720. The van der Waals surface area contributed by atoms with Crippen LogP contribution in [0.4, 0.5) is 11.4 Å². The van der Waals surface area contributed by atoms with Crippen LogP contribution < -0.4 is 10.2 Å². The summed E-state index contributed by atoms with van der Waals surface area (Å²) in [7, 11) is 2.15. The van der Waals surface area contributed by atoms with Gasteiger partial charge in [0.1, 0.15) is 13.2 Å². The molecule has 0 spiro atoms. The summed E-state index contributed by atoms with van der Waals surface area (Å²) in [4.78, 5) is 17.3. The number of rotatable bonds is 17. The summed E-state index contributed by atoms with van der Waals surface area (Å²) >= 11 is 0. The highest BCUT2D eigenvalue weighted by Crippen LogP contribution is 2.48. The van der Waals surface area contributed by atoms with Gasteiger partial charge in [-0.25, -0.2) is 0 Å². The second-order valence-corrected chi connectivity index (χ2v) is 16.7. The molecule has 0 aromatic heterocycles. The number of hydrogen-bond donors (Lipinski definition) is 4. The van der Waals surface area contributed by atoms with Crippen LogP contribution in [0, 0.1) is 0 Å². The summed E-state index contributed by atoms with van der Waals surface area (Å²) in [5.74, 6) is 0.145. The van der Waals surface area contributed by atoms with Crippen molar-refractivity contribution in [3.05, 3.63) is 95.7 Å². The molecule has 1 aliphatic carbocycles. The van der Waals surface area contributed by atoms with Gasteiger partial charge in [0, 0.05) is 60.1 Å². The first kappa shape index (κ1) is 39.1. The molecule has 4 aliphatic rings. The van der Waals surface area contributed by atoms with Crippen LogP contribution in [0.3, 0.4) is 0 Å². The Morgan fingerprint density at radius 1 is 0.811 bits per heavy atom. The molecule has 4 N–H and O–H groups in total. The van der Waals surface area contributed by atoms with Crippen LogP contribution in [0.5, 0.6) is 0 Å². The Morgan fingerprint density at radius 3 is 2.26 bits per heavy atom. The topological polar surface area (TPSA) is 99.1 Å². The number of benzene rings is 2. The van der Waals surface area contributed by atoms with E-state index in [9.17, 15) is 20.1 Å². The Hall–Kier alpha value is -3.56. The molecule has 3 heterocycles. The summed E-state index contributed by atoms with van der Waals surface area (Å²) in [5, 5.41) is 33.1. The monoisotopic (exact) mass is 723 g/mol. The van der Waals surface area contributed by atoms with Crippen molar-refractivity contribution in [1.82, 2.24) is 10.2 Å². The highest BCUT2D eigenvalue weighted by atomic mass is 16.4. The predicted octanol–water partition coefficient (Wildman–Crippen LogP) is 6.65. The van der Waals surface area contributed by atoms with E-state index in [0.717, 1.165) is 71.0 Å². The van der Waals surface area contributed by atoms with E-state index < -0.39 is 18.3 Å². The molecular weight excluding hydrogens is 661 g/mol. The smallest absolute Gasteiger partial charge is 0.219 e. The summed E-state index contributed by atoms with van der Waals surface area (Å²) in [5.41, 5.74) is 7.66. The number of nitrogens with zero attached hydrogens (tertiary/aromatic N) is 3. The second kappa shape index (κ2) is 16.8. The zero-order valence-electron chi connectivity index (χ0n) is 32.7. The van der Waals surface area contributed by atoms with Gasteiger partial charge in [0.05, 0.1) is 23.7 Å². The number of amides is 1. The molecule has 286 valence electrons. The number of allylic oxidation sites excluding steroid dienone is 6. The number of aliphatic hydroxyl groups is 3. The number of unbranched alkanes of at least 4 members (excludes halogenated alkanes) is 6. The maximum absolute atomic E-state index is 12.6. The van der Waals surface area contributed by atoms with Crippen molar-refractivity contribution in [2.24, 2.45) is 0 Å². The number of anilines is 1. The second-order valence-electron chi connectivity index (χ2n) is 16.7. The van der Waals surface area contributed by atoms with Gasteiger partial charge in [-0.15, -0.1) is 0 Å². The Kier molecular flexibility index (Phi) is 12.4. The molecule has 1 unspecified atom stereocenters. The average molecular weight is 724 g/mol. The summed E-state index contributed by atoms with van der Waals surface area (Å²) < 4.78 is 2.30. The molecule has 8 heteroatoms. The van der Waals surface area contributed by atoms with Crippen LogP contribution in [0.15, 0.2) is 84.6 Å². The van der Waals surface area contributed by atoms with E-state index in [1.807, 2.05) is 0 Å². The van der Waals surface area contributed by atoms with Gasteiger partial charge in [0.2, 0.25) is 11.6 Å². The molecule has 2 fully saturated rings. The molecule has 1 amide bonds. The van der Waals surface area contributed by atoms with Crippen molar-refractivity contribution >= 4 is 23.0 Å². The summed E-state index contributed by atoms with van der Waals surface area (Å²) in [6, 6.07) is 17.6. The fraction of sp³-hybridized carbons (Fsp3) is 0.556. The predicted molar refractivity (Wildman–Crippen MR) is 215 cm³/mol. The molecule has 3 aliphatic heterocycles. The maximum atomic E-state index is 12.6. The zero-order chi connectivity index (χ0) is 37.8. The fourth-order valence-corrected chi connectivity index (χ4v) is 9.22. The number of fused-ring (bicyclic) bond motifs is 3. The van der Waals surface area contributed by atoms with Gasteiger partial charge in [-0.2, -0.15) is 4.58 Å². The number of nitrogens with one attached hydrogen (secondary N) is 1. The third-order valence-corrected chi connectivity index (χ3v) is 12.4. The molecule has 0 bridgehead atoms. The lowest BCUT2D eigenvalue weighted by Crippen LogP contribution is -2.45. The number of likely N-dealkylation sites (tertiary alicyclic amines) is 1. The first-order valence-electron chi connectivity index (χ1n) is 20.1. The van der Waals surface area contributed by atoms with Crippen molar-refractivity contribution in [2.75, 3.05) is 31.6 Å². The number of hydrogen-bond acceptors (Lipinski definition) is 6. The minimum Gasteiger partial charge on any atom is -0.390 e. The number of carbonyl (C=O) groups is 1. The molecule has 0 radical (unpaired) electrons. The van der Waals surface area contributed by atoms with E-state index in [0.29, 0.717) is 12.8 Å². The van der Waals surface area contributed by atoms with E-state index in [1.165, 1.54) is 33.9 Å². The van der Waals surface area contributed by atoms with Gasteiger partial charge >= 0.3 is 0 Å². The molecule has 2 aromatic rings. The van der Waals surface area contributed by atoms with Crippen LogP contribution in [-0.4, -0.2) is 93.5 Å². The average Bonchev–Trinajstić information content (AvgIpc) is 3.73. The van der Waals surface area contributed by atoms with Gasteiger partial charge in [-0.05, 0) is 70.2 Å². The third-order valence-electron chi connectivity index (χ3n) is 12.4. The SMILES string of the molecule is C[N+]1=C(C=CC=CC=C2N(CCCCC(=O)NCCCCCCCCN3[C@H]4[C@H](O)[C@@H](O)[C@H](O)C[C@H]43)c3ccccc3C2(C)C)C(C)(C)c2ccccc21. The maximum Gasteiger partial charge on any atom is 0.219 e. The third kappa shape index (κ3) is 8.41. The highest BCUT2D eigenvalue weighted by molar-refractivity contribution is 6.03. The number of para-hydroxylation sites is 2. The summed E-state index contributed by atoms with van der Waals surface area (Å²) in [6.07, 6.45) is 17.8. The van der Waals surface area contributed by atoms with E-state index in [2.05, 4.69) is 133 Å². The van der Waals surface area contributed by atoms with Crippen molar-refractivity contribution in [3.8, 4) is 0 Å². The van der Waals surface area contributed by atoms with Gasteiger partial charge < -0.3 is 25.5 Å². The van der Waals surface area contributed by atoms with Crippen molar-refractivity contribution in [3.63, 3.8) is 0 Å². The van der Waals surface area contributed by atoms with Gasteiger partial charge in [-0.1, -0.05) is 94.2 Å². The molecule has 2 aromatic carbocycles. The van der Waals surface area contributed by atoms with Crippen LogP contribution >= 0.6 is 0 Å². The lowest BCUT2D eigenvalue weighted by molar-refractivity contribution is -0.401. The van der Waals surface area contributed by atoms with Crippen LogP contribution in [0.25, 0.3) is 0 Å². The van der Waals surface area contributed by atoms with Gasteiger partial charge in [0.15, 0.2) is 5.71 Å². The molecule has 1 saturated carbocycles. The van der Waals surface area contributed by atoms with Crippen molar-refractivity contribution < 1.29 is 24.7 Å². The van der Waals surface area contributed by atoms with E-state index in [-0.39, 0.29) is 28.8 Å². The minimum absolute atomic E-state index is 0.0209. The number of aliphatic hydroxyl groups excluding tert-OH is 3. The Morgan fingerprint density at radius 2 is 1.49 bits per heavy atom. The molecule has 6 rings (SSSR count). The van der Waals surface area contributed by atoms with E-state index in [4.69, 9.17) is 0 Å². The standard InChI is InChI=1S/C45H62N4O4/c1-44(2)32-21-13-15-23-34(32)47(5)38(44)25-11-10-12-26-39-45(3,4)33-22-14-16-24-35(33)48(39)29-20-17-27-40(51)46-28-18-8-6-7-9-19-30-49-36-31-37(50)42(52)43(53)41(36)49/h10-16,21-26,36-37,41-43,50,52-53H,6-9,17-20,27-31H2,1-5H3/p+1/t36-,37-,41-,42+,43+,49?/m1/s1. The lowest BCUT2D eigenvalue weighted by Gasteiger charge is -2.27. The minimum atomic E-state index is -1.02. The molecule has 8 nitrogen and oxygen atoms in total. The largest absolute Gasteiger partial charge is 0.390 e. The summed E-state index contributed by atoms with van der Waals surface area (Å²) in [6.45, 7) is 11.7. The van der Waals surface area contributed by atoms with E-state index >= 15 is 0 Å². The first-order chi connectivity index (χ1) is 25.4. The number of carbonyl (C=O) groups excluding carboxylic acids is 1. The Balaban J connectivity index is 0.894.